The highest BCUT2D eigenvalue weighted by Gasteiger charge is 2.43. The van der Waals surface area contributed by atoms with Crippen LogP contribution in [0.2, 0.25) is 5.02 Å². The highest BCUT2D eigenvalue weighted by atomic mass is 35.5. The molecular formula is C18H20ClFN2O5S. The first kappa shape index (κ1) is 22.1. The second-order valence-corrected chi connectivity index (χ2v) is 9.55. The fourth-order valence-electron chi connectivity index (χ4n) is 2.78. The molecule has 0 bridgehead atoms. The summed E-state index contributed by atoms with van der Waals surface area (Å²) in [5.41, 5.74) is 1.76. The van der Waals surface area contributed by atoms with Crippen molar-refractivity contribution in [1.29, 1.82) is 0 Å². The highest BCUT2D eigenvalue weighted by Crippen LogP contribution is 2.27. The van der Waals surface area contributed by atoms with Gasteiger partial charge in [0.05, 0.1) is 0 Å². The number of nitrogens with zero attached hydrogens (tertiary/aromatic N) is 1. The predicted octanol–water partition coefficient (Wildman–Crippen LogP) is 2.32. The van der Waals surface area contributed by atoms with E-state index >= 15 is 0 Å². The van der Waals surface area contributed by atoms with Crippen LogP contribution < -0.4 is 11.0 Å². The molecule has 10 heteroatoms. The number of rotatable bonds is 6. The normalized spacial score (nSPS) is 13.8. The van der Waals surface area contributed by atoms with E-state index in [2.05, 4.69) is 0 Å². The van der Waals surface area contributed by atoms with Crippen molar-refractivity contribution in [2.24, 2.45) is 0 Å². The van der Waals surface area contributed by atoms with Crippen LogP contribution in [0.5, 0.6) is 0 Å². The Morgan fingerprint density at radius 2 is 1.96 bits per heavy atom. The lowest BCUT2D eigenvalue weighted by molar-refractivity contribution is -0.131. The van der Waals surface area contributed by atoms with E-state index in [0.717, 1.165) is 12.3 Å². The fraction of sp³-hybridized carbons (Fsp3) is 0.333. The molecule has 1 amide bonds. The topological polar surface area (TPSA) is 105 Å². The Kier molecular flexibility index (Phi) is 6.32. The first-order valence-electron chi connectivity index (χ1n) is 8.22. The van der Waals surface area contributed by atoms with Crippen molar-refractivity contribution in [1.82, 2.24) is 10.0 Å². The van der Waals surface area contributed by atoms with Gasteiger partial charge in [-0.3, -0.25) is 14.8 Å². The number of hydroxylamine groups is 1. The van der Waals surface area contributed by atoms with Crippen LogP contribution in [0.3, 0.4) is 0 Å². The van der Waals surface area contributed by atoms with E-state index < -0.39 is 31.9 Å². The Morgan fingerprint density at radius 3 is 2.50 bits per heavy atom. The molecule has 0 fully saturated rings. The van der Waals surface area contributed by atoms with Gasteiger partial charge >= 0.3 is 0 Å². The molecule has 1 heterocycles. The van der Waals surface area contributed by atoms with Gasteiger partial charge in [-0.05, 0) is 50.1 Å². The Hall–Kier alpha value is -2.23. The number of benzene rings is 1. The Labute approximate surface area is 166 Å². The number of hydrogen-bond acceptors (Lipinski definition) is 5. The zero-order valence-corrected chi connectivity index (χ0v) is 17.1. The molecule has 0 aliphatic rings. The lowest BCUT2D eigenvalue weighted by atomic mass is 10.0. The maximum Gasteiger partial charge on any atom is 0.264 e. The summed E-state index contributed by atoms with van der Waals surface area (Å²) in [6.07, 6.45) is 2.03. The second-order valence-electron chi connectivity index (χ2n) is 6.67. The monoisotopic (exact) mass is 430 g/mol. The molecule has 1 aromatic carbocycles. The number of amides is 1. The Balaban J connectivity index is 2.40. The number of carbonyl (C=O) groups excluding carboxylic acids is 1. The van der Waals surface area contributed by atoms with Crippen LogP contribution in [-0.2, 0) is 21.2 Å². The molecule has 0 aliphatic heterocycles. The minimum Gasteiger partial charge on any atom is -0.315 e. The number of aryl methyl sites for hydroxylation is 1. The summed E-state index contributed by atoms with van der Waals surface area (Å²) in [5, 5.41) is 9.09. The lowest BCUT2D eigenvalue weighted by Crippen LogP contribution is -2.50. The summed E-state index contributed by atoms with van der Waals surface area (Å²) in [6.45, 7) is 2.60. The molecule has 2 N–H and O–H groups in total. The van der Waals surface area contributed by atoms with Crippen LogP contribution in [0.25, 0.3) is 11.1 Å². The fourth-order valence-corrected chi connectivity index (χ4v) is 3.79. The van der Waals surface area contributed by atoms with Gasteiger partial charge in [0.15, 0.2) is 14.6 Å². The van der Waals surface area contributed by atoms with Gasteiger partial charge in [-0.2, -0.15) is 0 Å². The van der Waals surface area contributed by atoms with Gasteiger partial charge in [-0.25, -0.2) is 18.3 Å². The molecule has 0 saturated carbocycles. The molecule has 0 aliphatic carbocycles. The summed E-state index contributed by atoms with van der Waals surface area (Å²) in [7, 11) is -3.88. The van der Waals surface area contributed by atoms with Crippen molar-refractivity contribution < 1.29 is 22.8 Å². The van der Waals surface area contributed by atoms with E-state index in [1.165, 1.54) is 48.3 Å². The molecule has 0 radical (unpaired) electrons. The van der Waals surface area contributed by atoms with Crippen molar-refractivity contribution >= 4 is 27.3 Å². The SMILES string of the molecule is Cc1c(-c2ccc(Cl)cc2F)ccn(CC[C@](C)(C(=O)NO)S(C)(=O)=O)c1=O. The number of carbonyl (C=O) groups is 1. The van der Waals surface area contributed by atoms with Gasteiger partial charge in [0.1, 0.15) is 5.82 Å². The van der Waals surface area contributed by atoms with Crippen LogP contribution in [0, 0.1) is 12.7 Å². The molecule has 0 unspecified atom stereocenters. The molecule has 2 aromatic rings. The zero-order valence-electron chi connectivity index (χ0n) is 15.5. The number of aromatic nitrogens is 1. The zero-order chi connectivity index (χ0) is 21.3. The van der Waals surface area contributed by atoms with Crippen molar-refractivity contribution in [2.75, 3.05) is 6.26 Å². The van der Waals surface area contributed by atoms with Gasteiger partial charge in [0.25, 0.3) is 11.5 Å². The van der Waals surface area contributed by atoms with Crippen molar-refractivity contribution in [2.45, 2.75) is 31.6 Å². The Morgan fingerprint density at radius 1 is 1.32 bits per heavy atom. The molecular weight excluding hydrogens is 411 g/mol. The molecule has 0 spiro atoms. The van der Waals surface area contributed by atoms with E-state index in [0.29, 0.717) is 5.56 Å². The summed E-state index contributed by atoms with van der Waals surface area (Å²) in [5.74, 6) is -1.66. The van der Waals surface area contributed by atoms with E-state index in [4.69, 9.17) is 16.8 Å². The van der Waals surface area contributed by atoms with Crippen LogP contribution in [0.15, 0.2) is 35.3 Å². The molecule has 152 valence electrons. The number of nitrogens with one attached hydrogen (secondary N) is 1. The Bertz CT molecular complexity index is 1080. The third-order valence-electron chi connectivity index (χ3n) is 4.86. The number of sulfone groups is 1. The van der Waals surface area contributed by atoms with E-state index in [-0.39, 0.29) is 29.1 Å². The highest BCUT2D eigenvalue weighted by molar-refractivity contribution is 7.92. The summed E-state index contributed by atoms with van der Waals surface area (Å²) in [6, 6.07) is 5.66. The van der Waals surface area contributed by atoms with Crippen LogP contribution >= 0.6 is 11.6 Å². The summed E-state index contributed by atoms with van der Waals surface area (Å²) >= 11 is 5.75. The van der Waals surface area contributed by atoms with Crippen molar-refractivity contribution in [3.05, 3.63) is 57.2 Å². The van der Waals surface area contributed by atoms with Crippen LogP contribution in [-0.4, -0.2) is 35.1 Å². The minimum absolute atomic E-state index is 0.0972. The third kappa shape index (κ3) is 4.11. The minimum atomic E-state index is -3.88. The third-order valence-corrected chi connectivity index (χ3v) is 7.12. The average Bonchev–Trinajstić information content (AvgIpc) is 2.61. The lowest BCUT2D eigenvalue weighted by Gasteiger charge is -2.25. The van der Waals surface area contributed by atoms with Crippen molar-refractivity contribution in [3.63, 3.8) is 0 Å². The smallest absolute Gasteiger partial charge is 0.264 e. The largest absolute Gasteiger partial charge is 0.315 e. The molecule has 7 nitrogen and oxygen atoms in total. The van der Waals surface area contributed by atoms with Gasteiger partial charge in [-0.1, -0.05) is 11.6 Å². The number of pyridine rings is 1. The van der Waals surface area contributed by atoms with E-state index in [9.17, 15) is 22.4 Å². The summed E-state index contributed by atoms with van der Waals surface area (Å²) in [4.78, 5) is 24.5. The van der Waals surface area contributed by atoms with E-state index in [1.807, 2.05) is 0 Å². The van der Waals surface area contributed by atoms with Gasteiger partial charge in [0.2, 0.25) is 0 Å². The van der Waals surface area contributed by atoms with Crippen molar-refractivity contribution in [3.8, 4) is 11.1 Å². The summed E-state index contributed by atoms with van der Waals surface area (Å²) < 4.78 is 37.5. The average molecular weight is 431 g/mol. The van der Waals surface area contributed by atoms with Gasteiger partial charge in [0, 0.05) is 35.1 Å². The number of hydrogen-bond donors (Lipinski definition) is 2. The first-order chi connectivity index (χ1) is 12.9. The number of halogens is 2. The standard InChI is InChI=1S/C18H20ClFN2O5S/c1-11-13(14-5-4-12(19)10-15(14)20)6-8-22(16(11)23)9-7-18(2,17(24)21-25)28(3,26)27/h4-6,8,10,25H,7,9H2,1-3H3,(H,21,24)/t18-/m1/s1. The first-order valence-corrected chi connectivity index (χ1v) is 10.5. The van der Waals surface area contributed by atoms with Crippen LogP contribution in [0.4, 0.5) is 4.39 Å². The maximum absolute atomic E-state index is 14.2. The van der Waals surface area contributed by atoms with Crippen LogP contribution in [0.1, 0.15) is 18.9 Å². The molecule has 1 aromatic heterocycles. The van der Waals surface area contributed by atoms with E-state index in [1.54, 1.807) is 0 Å². The molecule has 2 rings (SSSR count). The predicted molar refractivity (Wildman–Crippen MR) is 104 cm³/mol. The molecule has 0 saturated heterocycles. The molecule has 28 heavy (non-hydrogen) atoms. The molecule has 1 atom stereocenters. The maximum atomic E-state index is 14.2. The quantitative estimate of drug-likeness (QED) is 0.540. The second kappa shape index (κ2) is 8.02. The van der Waals surface area contributed by atoms with Gasteiger partial charge < -0.3 is 4.57 Å². The van der Waals surface area contributed by atoms with Gasteiger partial charge in [-0.15, -0.1) is 0 Å².